The topological polar surface area (TPSA) is 119 Å². The number of amides is 1. The number of halogens is 1. The van der Waals surface area contributed by atoms with Gasteiger partial charge in [-0.3, -0.25) is 24.7 Å². The minimum Gasteiger partial charge on any atom is -0.349 e. The average Bonchev–Trinajstić information content (AvgIpc) is 2.94. The predicted octanol–water partition coefficient (Wildman–Crippen LogP) is 1.21. The fraction of sp³-hybridized carbons (Fsp3) is 0.364. The van der Waals surface area contributed by atoms with Gasteiger partial charge >= 0.3 is 5.69 Å². The molecular formula is C11H13ClN6O3. The van der Waals surface area contributed by atoms with Crippen LogP contribution in [0.3, 0.4) is 0 Å². The van der Waals surface area contributed by atoms with Crippen molar-refractivity contribution in [1.82, 2.24) is 25.3 Å². The number of carbonyl (C=O) groups excluding carboxylic acids is 1. The molecule has 0 aliphatic rings. The van der Waals surface area contributed by atoms with Crippen LogP contribution < -0.4 is 5.32 Å². The fourth-order valence-corrected chi connectivity index (χ4v) is 2.14. The Hall–Kier alpha value is -2.42. The van der Waals surface area contributed by atoms with Gasteiger partial charge in [0.2, 0.25) is 0 Å². The van der Waals surface area contributed by atoms with E-state index in [2.05, 4.69) is 20.6 Å². The molecule has 0 unspecified atom stereocenters. The van der Waals surface area contributed by atoms with Crippen LogP contribution in [0.4, 0.5) is 5.69 Å². The number of aromatic nitrogens is 4. The molecule has 0 bridgehead atoms. The van der Waals surface area contributed by atoms with Crippen molar-refractivity contribution < 1.29 is 9.72 Å². The summed E-state index contributed by atoms with van der Waals surface area (Å²) in [5.74, 6) is -0.395. The van der Waals surface area contributed by atoms with Gasteiger partial charge in [-0.1, -0.05) is 11.6 Å². The molecule has 0 aliphatic carbocycles. The van der Waals surface area contributed by atoms with Crippen LogP contribution in [0.5, 0.6) is 0 Å². The summed E-state index contributed by atoms with van der Waals surface area (Å²) in [6.07, 6.45) is 1.33. The molecule has 1 amide bonds. The van der Waals surface area contributed by atoms with E-state index in [1.807, 2.05) is 0 Å². The molecule has 0 saturated heterocycles. The zero-order chi connectivity index (χ0) is 15.6. The van der Waals surface area contributed by atoms with Crippen LogP contribution in [0, 0.1) is 24.0 Å². The van der Waals surface area contributed by atoms with E-state index < -0.39 is 10.8 Å². The number of rotatable bonds is 5. The molecule has 2 rings (SSSR count). The summed E-state index contributed by atoms with van der Waals surface area (Å²) in [6.45, 7) is 3.77. The molecule has 0 saturated carbocycles. The van der Waals surface area contributed by atoms with Crippen LogP contribution in [0.1, 0.15) is 21.9 Å². The molecule has 0 fully saturated rings. The molecule has 112 valence electrons. The number of aromatic amines is 1. The van der Waals surface area contributed by atoms with E-state index in [0.29, 0.717) is 17.9 Å². The van der Waals surface area contributed by atoms with Crippen LogP contribution in [-0.4, -0.2) is 37.4 Å². The number of nitro groups is 1. The highest BCUT2D eigenvalue weighted by Gasteiger charge is 2.21. The second-order valence-corrected chi connectivity index (χ2v) is 4.76. The highest BCUT2D eigenvalue weighted by atomic mass is 35.5. The molecule has 2 aromatic heterocycles. The van der Waals surface area contributed by atoms with Crippen molar-refractivity contribution in [1.29, 1.82) is 0 Å². The van der Waals surface area contributed by atoms with Crippen LogP contribution in [0.15, 0.2) is 6.20 Å². The Labute approximate surface area is 124 Å². The third-order valence-electron chi connectivity index (χ3n) is 2.96. The molecule has 2 heterocycles. The first kappa shape index (κ1) is 15.0. The maximum Gasteiger partial charge on any atom is 0.312 e. The van der Waals surface area contributed by atoms with Crippen molar-refractivity contribution in [3.05, 3.63) is 38.4 Å². The van der Waals surface area contributed by atoms with Crippen molar-refractivity contribution >= 4 is 23.2 Å². The number of hydrogen-bond acceptors (Lipinski definition) is 5. The summed E-state index contributed by atoms with van der Waals surface area (Å²) in [7, 11) is 0. The van der Waals surface area contributed by atoms with Crippen molar-refractivity contribution in [3.8, 4) is 0 Å². The number of nitrogens with one attached hydrogen (secondary N) is 2. The monoisotopic (exact) mass is 312 g/mol. The van der Waals surface area contributed by atoms with E-state index in [0.717, 1.165) is 0 Å². The second kappa shape index (κ2) is 5.92. The van der Waals surface area contributed by atoms with Gasteiger partial charge < -0.3 is 5.32 Å². The molecule has 0 aromatic carbocycles. The van der Waals surface area contributed by atoms with Crippen LogP contribution >= 0.6 is 11.6 Å². The third-order valence-corrected chi connectivity index (χ3v) is 3.24. The van der Waals surface area contributed by atoms with Gasteiger partial charge in [0.25, 0.3) is 5.91 Å². The average molecular weight is 313 g/mol. The van der Waals surface area contributed by atoms with Crippen molar-refractivity contribution in [2.24, 2.45) is 0 Å². The zero-order valence-corrected chi connectivity index (χ0v) is 12.1. The lowest BCUT2D eigenvalue weighted by atomic mass is 10.3. The van der Waals surface area contributed by atoms with Gasteiger partial charge in [-0.25, -0.2) is 0 Å². The Balaban J connectivity index is 1.98. The lowest BCUT2D eigenvalue weighted by molar-refractivity contribution is -0.386. The summed E-state index contributed by atoms with van der Waals surface area (Å²) >= 11 is 5.77. The summed E-state index contributed by atoms with van der Waals surface area (Å²) in [5, 5.41) is 24.0. The molecular weight excluding hydrogens is 300 g/mol. The predicted molar refractivity (Wildman–Crippen MR) is 74.3 cm³/mol. The molecule has 0 radical (unpaired) electrons. The Morgan fingerprint density at radius 3 is 2.81 bits per heavy atom. The summed E-state index contributed by atoms with van der Waals surface area (Å²) in [5.41, 5.74) is 0.973. The van der Waals surface area contributed by atoms with Crippen LogP contribution in [0.2, 0.25) is 5.02 Å². The molecule has 0 spiro atoms. The molecule has 0 aliphatic heterocycles. The SMILES string of the molecule is Cc1nn(CCNC(=O)c2[nH]ncc2Cl)c(C)c1[N+](=O)[O-]. The normalized spacial score (nSPS) is 10.6. The van der Waals surface area contributed by atoms with Gasteiger partial charge in [0.15, 0.2) is 0 Å². The Kier molecular flexibility index (Phi) is 4.22. The third kappa shape index (κ3) is 3.02. The standard InChI is InChI=1S/C11H13ClN6O3/c1-6-10(18(20)21)7(2)17(16-6)4-3-13-11(19)9-8(12)5-14-15-9/h5H,3-4H2,1-2H3,(H,13,19)(H,14,15). The van der Waals surface area contributed by atoms with Crippen LogP contribution in [0.25, 0.3) is 0 Å². The number of H-pyrrole nitrogens is 1. The summed E-state index contributed by atoms with van der Waals surface area (Å²) in [4.78, 5) is 22.2. The van der Waals surface area contributed by atoms with Gasteiger partial charge in [-0.05, 0) is 13.8 Å². The Morgan fingerprint density at radius 2 is 2.29 bits per heavy atom. The van der Waals surface area contributed by atoms with E-state index >= 15 is 0 Å². The first-order chi connectivity index (χ1) is 9.91. The molecule has 21 heavy (non-hydrogen) atoms. The Morgan fingerprint density at radius 1 is 1.57 bits per heavy atom. The highest BCUT2D eigenvalue weighted by molar-refractivity contribution is 6.33. The fourth-order valence-electron chi connectivity index (χ4n) is 1.96. The van der Waals surface area contributed by atoms with Gasteiger partial charge in [0.1, 0.15) is 17.1 Å². The van der Waals surface area contributed by atoms with Gasteiger partial charge in [-0.15, -0.1) is 0 Å². The highest BCUT2D eigenvalue weighted by Crippen LogP contribution is 2.21. The minimum absolute atomic E-state index is 0.00191. The van der Waals surface area contributed by atoms with Crippen LogP contribution in [-0.2, 0) is 6.54 Å². The summed E-state index contributed by atoms with van der Waals surface area (Å²) < 4.78 is 1.49. The number of hydrogen-bond donors (Lipinski definition) is 2. The lowest BCUT2D eigenvalue weighted by Gasteiger charge is -2.05. The molecule has 2 aromatic rings. The van der Waals surface area contributed by atoms with E-state index in [-0.39, 0.29) is 22.9 Å². The largest absolute Gasteiger partial charge is 0.349 e. The summed E-state index contributed by atoms with van der Waals surface area (Å²) in [6, 6.07) is 0. The first-order valence-electron chi connectivity index (χ1n) is 6.07. The Bertz CT molecular complexity index is 692. The van der Waals surface area contributed by atoms with E-state index in [9.17, 15) is 14.9 Å². The smallest absolute Gasteiger partial charge is 0.312 e. The minimum atomic E-state index is -0.461. The van der Waals surface area contributed by atoms with Crippen molar-refractivity contribution in [2.45, 2.75) is 20.4 Å². The quantitative estimate of drug-likeness (QED) is 0.635. The van der Waals surface area contributed by atoms with Crippen molar-refractivity contribution in [3.63, 3.8) is 0 Å². The number of aryl methyl sites for hydroxylation is 1. The zero-order valence-electron chi connectivity index (χ0n) is 11.4. The molecule has 0 atom stereocenters. The lowest BCUT2D eigenvalue weighted by Crippen LogP contribution is -2.28. The molecule has 10 heteroatoms. The molecule has 9 nitrogen and oxygen atoms in total. The maximum atomic E-state index is 11.8. The van der Waals surface area contributed by atoms with Gasteiger partial charge in [0, 0.05) is 6.54 Å². The number of nitrogens with zero attached hydrogens (tertiary/aromatic N) is 4. The maximum absolute atomic E-state index is 11.8. The van der Waals surface area contributed by atoms with E-state index in [1.165, 1.54) is 10.9 Å². The number of carbonyl (C=O) groups is 1. The first-order valence-corrected chi connectivity index (χ1v) is 6.45. The second-order valence-electron chi connectivity index (χ2n) is 4.35. The van der Waals surface area contributed by atoms with E-state index in [4.69, 9.17) is 11.6 Å². The van der Waals surface area contributed by atoms with E-state index in [1.54, 1.807) is 13.8 Å². The molecule has 2 N–H and O–H groups in total. The van der Waals surface area contributed by atoms with Gasteiger partial charge in [0.05, 0.1) is 22.7 Å². The van der Waals surface area contributed by atoms with Crippen molar-refractivity contribution in [2.75, 3.05) is 6.54 Å². The van der Waals surface area contributed by atoms with Gasteiger partial charge in [-0.2, -0.15) is 10.2 Å².